The van der Waals surface area contributed by atoms with Crippen molar-refractivity contribution in [3.05, 3.63) is 29.8 Å². The number of rotatable bonds is 9. The summed E-state index contributed by atoms with van der Waals surface area (Å²) < 4.78 is 76.1. The van der Waals surface area contributed by atoms with E-state index in [2.05, 4.69) is 5.32 Å². The van der Waals surface area contributed by atoms with Crippen LogP contribution in [0, 0.1) is 5.92 Å². The van der Waals surface area contributed by atoms with Crippen molar-refractivity contribution in [3.8, 4) is 0 Å². The Kier molecular flexibility index (Phi) is 8.44. The second-order valence-electron chi connectivity index (χ2n) is 6.57. The van der Waals surface area contributed by atoms with Crippen molar-refractivity contribution < 1.29 is 35.9 Å². The molecule has 1 heterocycles. The average molecular weight is 438 g/mol. The molecule has 2 rings (SSSR count). The van der Waals surface area contributed by atoms with E-state index < -0.39 is 32.6 Å². The van der Waals surface area contributed by atoms with Crippen molar-refractivity contribution in [3.63, 3.8) is 0 Å². The molecule has 7 nitrogen and oxygen atoms in total. The highest BCUT2D eigenvalue weighted by Crippen LogP contribution is 2.36. The molecule has 1 amide bonds. The Hall–Kier alpha value is -1.69. The van der Waals surface area contributed by atoms with Gasteiger partial charge in [0, 0.05) is 32.7 Å². The van der Waals surface area contributed by atoms with E-state index in [0.29, 0.717) is 26.4 Å². The minimum absolute atomic E-state index is 0.0169. The van der Waals surface area contributed by atoms with Crippen molar-refractivity contribution in [1.29, 1.82) is 0 Å². The van der Waals surface area contributed by atoms with Gasteiger partial charge in [-0.25, -0.2) is 8.42 Å². The molecule has 0 aliphatic carbocycles. The summed E-state index contributed by atoms with van der Waals surface area (Å²) in [6, 6.07) is 4.12. The number of carbonyl (C=O) groups is 1. The molecule has 0 unspecified atom stereocenters. The van der Waals surface area contributed by atoms with Crippen LogP contribution in [0.25, 0.3) is 0 Å². The van der Waals surface area contributed by atoms with Gasteiger partial charge in [-0.15, -0.1) is 0 Å². The monoisotopic (exact) mass is 438 g/mol. The summed E-state index contributed by atoms with van der Waals surface area (Å²) in [7, 11) is -2.75. The summed E-state index contributed by atoms with van der Waals surface area (Å²) in [6.45, 7) is 1.49. The van der Waals surface area contributed by atoms with Gasteiger partial charge in [-0.2, -0.15) is 17.5 Å². The van der Waals surface area contributed by atoms with Crippen molar-refractivity contribution in [2.75, 3.05) is 46.6 Å². The largest absolute Gasteiger partial charge is 0.417 e. The van der Waals surface area contributed by atoms with Gasteiger partial charge in [0.1, 0.15) is 0 Å². The molecule has 0 bridgehead atoms. The SMILES string of the molecule is COCCOCCNC(=O)C1CCN(S(=O)(=O)c2ccccc2C(F)(F)F)CC1. The molecular formula is C18H25F3N2O5S. The van der Waals surface area contributed by atoms with E-state index in [4.69, 9.17) is 9.47 Å². The number of carbonyl (C=O) groups excluding carboxylic acids is 1. The van der Waals surface area contributed by atoms with E-state index >= 15 is 0 Å². The van der Waals surface area contributed by atoms with Gasteiger partial charge in [-0.05, 0) is 25.0 Å². The van der Waals surface area contributed by atoms with Crippen LogP contribution in [0.1, 0.15) is 18.4 Å². The number of nitrogens with one attached hydrogen (secondary N) is 1. The molecule has 1 aliphatic heterocycles. The molecule has 11 heteroatoms. The maximum absolute atomic E-state index is 13.2. The molecule has 1 saturated heterocycles. The van der Waals surface area contributed by atoms with E-state index in [-0.39, 0.29) is 31.8 Å². The number of hydrogen-bond acceptors (Lipinski definition) is 5. The summed E-state index contributed by atoms with van der Waals surface area (Å²) >= 11 is 0. The molecule has 0 aromatic heterocycles. The number of alkyl halides is 3. The molecule has 164 valence electrons. The van der Waals surface area contributed by atoms with Gasteiger partial charge in [0.15, 0.2) is 0 Å². The van der Waals surface area contributed by atoms with E-state index in [1.807, 2.05) is 0 Å². The number of piperidine rings is 1. The summed E-state index contributed by atoms with van der Waals surface area (Å²) in [4.78, 5) is 11.4. The van der Waals surface area contributed by atoms with Gasteiger partial charge in [0.05, 0.1) is 30.3 Å². The summed E-state index contributed by atoms with van der Waals surface area (Å²) in [6.07, 6.45) is -4.29. The van der Waals surface area contributed by atoms with Crippen molar-refractivity contribution >= 4 is 15.9 Å². The van der Waals surface area contributed by atoms with Crippen molar-refractivity contribution in [2.45, 2.75) is 23.9 Å². The molecule has 0 spiro atoms. The quantitative estimate of drug-likeness (QED) is 0.596. The van der Waals surface area contributed by atoms with E-state index in [1.54, 1.807) is 7.11 Å². The molecule has 1 aromatic rings. The van der Waals surface area contributed by atoms with Crippen LogP contribution in [-0.4, -0.2) is 65.2 Å². The molecular weight excluding hydrogens is 413 g/mol. The zero-order chi connectivity index (χ0) is 21.5. The van der Waals surface area contributed by atoms with Crippen LogP contribution < -0.4 is 5.32 Å². The number of nitrogens with zero attached hydrogens (tertiary/aromatic N) is 1. The maximum Gasteiger partial charge on any atom is 0.417 e. The van der Waals surface area contributed by atoms with Gasteiger partial charge in [-0.1, -0.05) is 12.1 Å². The minimum Gasteiger partial charge on any atom is -0.382 e. The summed E-state index contributed by atoms with van der Waals surface area (Å²) in [5, 5.41) is 2.72. The lowest BCUT2D eigenvalue weighted by molar-refractivity contribution is -0.139. The van der Waals surface area contributed by atoms with Crippen LogP contribution >= 0.6 is 0 Å². The minimum atomic E-state index is -4.77. The lowest BCUT2D eigenvalue weighted by atomic mass is 9.97. The highest BCUT2D eigenvalue weighted by molar-refractivity contribution is 7.89. The van der Waals surface area contributed by atoms with Gasteiger partial charge >= 0.3 is 6.18 Å². The Bertz CT molecular complexity index is 778. The van der Waals surface area contributed by atoms with Crippen LogP contribution in [0.2, 0.25) is 0 Å². The van der Waals surface area contributed by atoms with Crippen LogP contribution in [0.4, 0.5) is 13.2 Å². The number of halogens is 3. The van der Waals surface area contributed by atoms with Crippen LogP contribution in [0.5, 0.6) is 0 Å². The Balaban J connectivity index is 1.91. The lowest BCUT2D eigenvalue weighted by Gasteiger charge is -2.31. The molecule has 1 N–H and O–H groups in total. The molecule has 29 heavy (non-hydrogen) atoms. The number of methoxy groups -OCH3 is 1. The zero-order valence-corrected chi connectivity index (χ0v) is 16.9. The fourth-order valence-electron chi connectivity index (χ4n) is 3.06. The first-order chi connectivity index (χ1) is 13.7. The van der Waals surface area contributed by atoms with E-state index in [1.165, 1.54) is 6.07 Å². The fourth-order valence-corrected chi connectivity index (χ4v) is 4.74. The number of hydrogen-bond donors (Lipinski definition) is 1. The van der Waals surface area contributed by atoms with Crippen LogP contribution in [0.15, 0.2) is 29.2 Å². The van der Waals surface area contributed by atoms with E-state index in [0.717, 1.165) is 22.5 Å². The summed E-state index contributed by atoms with van der Waals surface area (Å²) in [5.74, 6) is -0.605. The van der Waals surface area contributed by atoms with Gasteiger partial charge in [0.25, 0.3) is 0 Å². The normalized spacial score (nSPS) is 16.7. The first-order valence-electron chi connectivity index (χ1n) is 9.18. The number of ether oxygens (including phenoxy) is 2. The topological polar surface area (TPSA) is 84.9 Å². The molecule has 0 saturated carbocycles. The highest BCUT2D eigenvalue weighted by atomic mass is 32.2. The Morgan fingerprint density at radius 2 is 1.83 bits per heavy atom. The highest BCUT2D eigenvalue weighted by Gasteiger charge is 2.40. The lowest BCUT2D eigenvalue weighted by Crippen LogP contribution is -2.43. The van der Waals surface area contributed by atoms with Crippen LogP contribution in [0.3, 0.4) is 0 Å². The standard InChI is InChI=1S/C18H25F3N2O5S/c1-27-12-13-28-11-8-22-17(24)14-6-9-23(10-7-14)29(25,26)16-5-3-2-4-15(16)18(19,20)21/h2-5,14H,6-13H2,1H3,(H,22,24). The first kappa shape index (κ1) is 23.6. The third-order valence-corrected chi connectivity index (χ3v) is 6.57. The zero-order valence-electron chi connectivity index (χ0n) is 16.1. The van der Waals surface area contributed by atoms with Gasteiger partial charge < -0.3 is 14.8 Å². The Morgan fingerprint density at radius 3 is 2.45 bits per heavy atom. The van der Waals surface area contributed by atoms with Crippen molar-refractivity contribution in [2.24, 2.45) is 5.92 Å². The molecule has 1 aliphatic rings. The smallest absolute Gasteiger partial charge is 0.382 e. The first-order valence-corrected chi connectivity index (χ1v) is 10.6. The fraction of sp³-hybridized carbons (Fsp3) is 0.611. The average Bonchev–Trinajstić information content (AvgIpc) is 2.70. The van der Waals surface area contributed by atoms with E-state index in [9.17, 15) is 26.4 Å². The summed E-state index contributed by atoms with van der Waals surface area (Å²) in [5.41, 5.74) is -1.19. The van der Waals surface area contributed by atoms with Crippen molar-refractivity contribution in [1.82, 2.24) is 9.62 Å². The number of amides is 1. The van der Waals surface area contributed by atoms with Gasteiger partial charge in [-0.3, -0.25) is 4.79 Å². The second kappa shape index (κ2) is 10.4. The Labute approximate surface area is 168 Å². The van der Waals surface area contributed by atoms with Gasteiger partial charge in [0.2, 0.25) is 15.9 Å². The number of sulfonamides is 1. The maximum atomic E-state index is 13.2. The Morgan fingerprint density at radius 1 is 1.17 bits per heavy atom. The molecule has 1 aromatic carbocycles. The predicted octanol–water partition coefficient (Wildman–Crippen LogP) is 1.89. The second-order valence-corrected chi connectivity index (χ2v) is 8.47. The third kappa shape index (κ3) is 6.39. The third-order valence-electron chi connectivity index (χ3n) is 4.61. The predicted molar refractivity (Wildman–Crippen MR) is 98.6 cm³/mol. The molecule has 0 atom stereocenters. The molecule has 0 radical (unpaired) electrons. The molecule has 1 fully saturated rings. The number of benzene rings is 1. The van der Waals surface area contributed by atoms with Crippen LogP contribution in [-0.2, 0) is 30.5 Å².